The van der Waals surface area contributed by atoms with Crippen LogP contribution in [-0.2, 0) is 4.79 Å². The molecule has 0 fully saturated rings. The van der Waals surface area contributed by atoms with Crippen molar-refractivity contribution in [3.05, 3.63) is 48.6 Å². The lowest BCUT2D eigenvalue weighted by atomic mass is 10.1. The van der Waals surface area contributed by atoms with E-state index < -0.39 is 0 Å². The maximum atomic E-state index is 11.8. The molecule has 0 spiro atoms. The molecule has 5 heteroatoms. The standard InChI is InChI=1S/C12H9N3O2/c16-12-7-10(9-4-6-17-8-9)14-15(12)11-3-1-2-5-13-11/h1-6,8H,7H2. The lowest BCUT2D eigenvalue weighted by Crippen LogP contribution is -2.20. The van der Waals surface area contributed by atoms with Crippen LogP contribution in [-0.4, -0.2) is 16.6 Å². The maximum absolute atomic E-state index is 11.8. The van der Waals surface area contributed by atoms with Gasteiger partial charge in [-0.3, -0.25) is 4.79 Å². The zero-order valence-corrected chi connectivity index (χ0v) is 8.91. The second-order valence-electron chi connectivity index (χ2n) is 3.63. The Morgan fingerprint density at radius 3 is 2.94 bits per heavy atom. The molecule has 0 atom stereocenters. The van der Waals surface area contributed by atoms with Gasteiger partial charge in [-0.05, 0) is 18.2 Å². The van der Waals surface area contributed by atoms with E-state index in [0.717, 1.165) is 5.56 Å². The molecule has 0 saturated carbocycles. The van der Waals surface area contributed by atoms with Gasteiger partial charge in [-0.15, -0.1) is 0 Å². The number of carbonyl (C=O) groups is 1. The first-order valence-electron chi connectivity index (χ1n) is 5.18. The molecule has 1 aliphatic rings. The predicted octanol–water partition coefficient (Wildman–Crippen LogP) is 1.82. The average molecular weight is 227 g/mol. The van der Waals surface area contributed by atoms with E-state index in [9.17, 15) is 4.79 Å². The highest BCUT2D eigenvalue weighted by Gasteiger charge is 2.27. The van der Waals surface area contributed by atoms with Crippen molar-refractivity contribution in [2.75, 3.05) is 5.01 Å². The third-order valence-corrected chi connectivity index (χ3v) is 2.50. The molecular formula is C12H9N3O2. The Kier molecular flexibility index (Phi) is 2.22. The topological polar surface area (TPSA) is 58.7 Å². The predicted molar refractivity (Wildman–Crippen MR) is 61.6 cm³/mol. The Balaban J connectivity index is 1.95. The molecule has 0 radical (unpaired) electrons. The van der Waals surface area contributed by atoms with Crippen molar-refractivity contribution in [1.29, 1.82) is 0 Å². The summed E-state index contributed by atoms with van der Waals surface area (Å²) in [4.78, 5) is 15.9. The lowest BCUT2D eigenvalue weighted by molar-refractivity contribution is -0.116. The molecule has 0 saturated heterocycles. The molecule has 84 valence electrons. The van der Waals surface area contributed by atoms with E-state index in [1.54, 1.807) is 36.9 Å². The number of aromatic nitrogens is 1. The Morgan fingerprint density at radius 1 is 1.29 bits per heavy atom. The average Bonchev–Trinajstić information content (AvgIpc) is 2.99. The third kappa shape index (κ3) is 1.71. The molecule has 0 aromatic carbocycles. The molecule has 3 heterocycles. The van der Waals surface area contributed by atoms with Crippen LogP contribution in [0.15, 0.2) is 52.5 Å². The van der Waals surface area contributed by atoms with Crippen LogP contribution in [0.25, 0.3) is 0 Å². The molecule has 0 aliphatic carbocycles. The van der Waals surface area contributed by atoms with Gasteiger partial charge in [0.25, 0.3) is 5.91 Å². The molecule has 17 heavy (non-hydrogen) atoms. The first-order chi connectivity index (χ1) is 8.34. The van der Waals surface area contributed by atoms with Crippen LogP contribution in [0, 0.1) is 0 Å². The van der Waals surface area contributed by atoms with Gasteiger partial charge in [-0.2, -0.15) is 10.1 Å². The summed E-state index contributed by atoms with van der Waals surface area (Å²) in [5.74, 6) is 0.455. The van der Waals surface area contributed by atoms with Gasteiger partial charge in [0.2, 0.25) is 0 Å². The van der Waals surface area contributed by atoms with Crippen LogP contribution in [0.1, 0.15) is 12.0 Å². The van der Waals surface area contributed by atoms with Crippen LogP contribution < -0.4 is 5.01 Å². The minimum Gasteiger partial charge on any atom is -0.472 e. The van der Waals surface area contributed by atoms with Gasteiger partial charge < -0.3 is 4.42 Å². The van der Waals surface area contributed by atoms with Crippen molar-refractivity contribution in [1.82, 2.24) is 4.98 Å². The lowest BCUT2D eigenvalue weighted by Gasteiger charge is -2.08. The fraction of sp³-hybridized carbons (Fsp3) is 0.0833. The monoisotopic (exact) mass is 227 g/mol. The molecule has 0 bridgehead atoms. The molecule has 2 aromatic heterocycles. The second-order valence-corrected chi connectivity index (χ2v) is 3.63. The summed E-state index contributed by atoms with van der Waals surface area (Å²) in [6.07, 6.45) is 5.05. The minimum atomic E-state index is -0.0834. The number of carbonyl (C=O) groups excluding carboxylic acids is 1. The Bertz CT molecular complexity index is 561. The Morgan fingerprint density at radius 2 is 2.24 bits per heavy atom. The van der Waals surface area contributed by atoms with Crippen molar-refractivity contribution in [3.63, 3.8) is 0 Å². The zero-order chi connectivity index (χ0) is 11.7. The van der Waals surface area contributed by atoms with Crippen molar-refractivity contribution >= 4 is 17.4 Å². The summed E-state index contributed by atoms with van der Waals surface area (Å²) in [5.41, 5.74) is 1.53. The van der Waals surface area contributed by atoms with Gasteiger partial charge in [0.15, 0.2) is 5.82 Å². The number of rotatable bonds is 2. The highest BCUT2D eigenvalue weighted by Crippen LogP contribution is 2.20. The van der Waals surface area contributed by atoms with E-state index in [2.05, 4.69) is 10.1 Å². The van der Waals surface area contributed by atoms with Crippen LogP contribution in [0.3, 0.4) is 0 Å². The Labute approximate surface area is 97.4 Å². The van der Waals surface area contributed by atoms with Gasteiger partial charge in [-0.25, -0.2) is 4.98 Å². The van der Waals surface area contributed by atoms with Crippen LogP contribution in [0.2, 0.25) is 0 Å². The summed E-state index contributed by atoms with van der Waals surface area (Å²) in [6, 6.07) is 7.15. The largest absolute Gasteiger partial charge is 0.472 e. The smallest absolute Gasteiger partial charge is 0.254 e. The molecule has 1 aliphatic heterocycles. The highest BCUT2D eigenvalue weighted by atomic mass is 16.3. The fourth-order valence-electron chi connectivity index (χ4n) is 1.68. The fourth-order valence-corrected chi connectivity index (χ4v) is 1.68. The van der Waals surface area contributed by atoms with Crippen LogP contribution >= 0.6 is 0 Å². The molecule has 5 nitrogen and oxygen atoms in total. The third-order valence-electron chi connectivity index (χ3n) is 2.50. The first kappa shape index (κ1) is 9.77. The quantitative estimate of drug-likeness (QED) is 0.786. The summed E-state index contributed by atoms with van der Waals surface area (Å²) in [5, 5.41) is 5.58. The van der Waals surface area contributed by atoms with Crippen molar-refractivity contribution in [3.8, 4) is 0 Å². The summed E-state index contributed by atoms with van der Waals surface area (Å²) in [7, 11) is 0. The second kappa shape index (κ2) is 3.86. The van der Waals surface area contributed by atoms with E-state index >= 15 is 0 Å². The highest BCUT2D eigenvalue weighted by molar-refractivity contribution is 6.18. The van der Waals surface area contributed by atoms with Gasteiger partial charge in [0, 0.05) is 11.8 Å². The van der Waals surface area contributed by atoms with E-state index in [-0.39, 0.29) is 12.3 Å². The zero-order valence-electron chi connectivity index (χ0n) is 8.91. The number of hydrogen-bond donors (Lipinski definition) is 0. The Hall–Kier alpha value is -2.43. The van der Waals surface area contributed by atoms with Gasteiger partial charge >= 0.3 is 0 Å². The first-order valence-corrected chi connectivity index (χ1v) is 5.18. The summed E-state index contributed by atoms with van der Waals surface area (Å²) < 4.78 is 4.98. The molecule has 0 unspecified atom stereocenters. The SMILES string of the molecule is O=C1CC(c2ccoc2)=NN1c1ccccn1. The van der Waals surface area contributed by atoms with Gasteiger partial charge in [-0.1, -0.05) is 6.07 Å². The molecular weight excluding hydrogens is 218 g/mol. The van der Waals surface area contributed by atoms with E-state index in [1.165, 1.54) is 5.01 Å². The molecule has 1 amide bonds. The number of pyridine rings is 1. The maximum Gasteiger partial charge on any atom is 0.254 e. The summed E-state index contributed by atoms with van der Waals surface area (Å²) in [6.45, 7) is 0. The van der Waals surface area contributed by atoms with Gasteiger partial charge in [0.1, 0.15) is 0 Å². The number of furan rings is 1. The van der Waals surface area contributed by atoms with Crippen LogP contribution in [0.4, 0.5) is 5.82 Å². The molecule has 2 aromatic rings. The van der Waals surface area contributed by atoms with E-state index in [0.29, 0.717) is 11.5 Å². The minimum absolute atomic E-state index is 0.0834. The van der Waals surface area contributed by atoms with E-state index in [4.69, 9.17) is 4.42 Å². The number of anilines is 1. The van der Waals surface area contributed by atoms with Gasteiger partial charge in [0.05, 0.1) is 24.7 Å². The van der Waals surface area contributed by atoms with Crippen molar-refractivity contribution in [2.24, 2.45) is 5.10 Å². The molecule has 3 rings (SSSR count). The van der Waals surface area contributed by atoms with Crippen LogP contribution in [0.5, 0.6) is 0 Å². The summed E-state index contributed by atoms with van der Waals surface area (Å²) >= 11 is 0. The number of hydrazone groups is 1. The van der Waals surface area contributed by atoms with Crippen molar-refractivity contribution in [2.45, 2.75) is 6.42 Å². The number of amides is 1. The van der Waals surface area contributed by atoms with E-state index in [1.807, 2.05) is 6.07 Å². The number of nitrogens with zero attached hydrogens (tertiary/aromatic N) is 3. The normalized spacial score (nSPS) is 15.2. The molecule has 0 N–H and O–H groups in total. The van der Waals surface area contributed by atoms with Crippen molar-refractivity contribution < 1.29 is 9.21 Å². The number of hydrogen-bond acceptors (Lipinski definition) is 4.